The maximum atomic E-state index is 6.44. The van der Waals surface area contributed by atoms with E-state index in [-0.39, 0.29) is 0 Å². The number of benzene rings is 4. The number of ether oxygens (including phenoxy) is 2. The smallest absolute Gasteiger partial charge is 0.119 e. The van der Waals surface area contributed by atoms with Crippen molar-refractivity contribution in [1.29, 1.82) is 0 Å². The normalized spacial score (nSPS) is 12.1. The first-order chi connectivity index (χ1) is 18.4. The van der Waals surface area contributed by atoms with Crippen molar-refractivity contribution in [1.82, 2.24) is 4.98 Å². The average Bonchev–Trinajstić information content (AvgIpc) is 3.33. The van der Waals surface area contributed by atoms with Crippen LogP contribution in [-0.4, -0.2) is 19.2 Å². The van der Waals surface area contributed by atoms with Crippen LogP contribution in [0.3, 0.4) is 0 Å². The molecular formula is C30H30N6O2. The summed E-state index contributed by atoms with van der Waals surface area (Å²) in [4.78, 5) is 3.46. The Morgan fingerprint density at radius 3 is 1.82 bits per heavy atom. The summed E-state index contributed by atoms with van der Waals surface area (Å²) in [6.07, 6.45) is 3.49. The minimum atomic E-state index is 0.541. The van der Waals surface area contributed by atoms with E-state index in [0.717, 1.165) is 55.8 Å². The van der Waals surface area contributed by atoms with Crippen molar-refractivity contribution in [3.05, 3.63) is 108 Å². The lowest BCUT2D eigenvalue weighted by Gasteiger charge is -2.15. The van der Waals surface area contributed by atoms with Gasteiger partial charge in [-0.1, -0.05) is 12.1 Å². The van der Waals surface area contributed by atoms with Crippen LogP contribution in [0.2, 0.25) is 0 Å². The number of aromatic amines is 1. The van der Waals surface area contributed by atoms with Gasteiger partial charge in [-0.05, 0) is 83.9 Å². The number of anilines is 2. The Labute approximate surface area is 220 Å². The number of H-pyrrole nitrogens is 1. The predicted octanol–water partition coefficient (Wildman–Crippen LogP) is 5.34. The summed E-state index contributed by atoms with van der Waals surface area (Å²) in [5.74, 6) is 7.80. The Morgan fingerprint density at radius 1 is 0.737 bits per heavy atom. The van der Waals surface area contributed by atoms with Gasteiger partial charge < -0.3 is 31.2 Å². The van der Waals surface area contributed by atoms with Crippen LogP contribution in [0.1, 0.15) is 11.1 Å². The van der Waals surface area contributed by atoms with Gasteiger partial charge in [0.1, 0.15) is 11.5 Å². The van der Waals surface area contributed by atoms with Gasteiger partial charge in [-0.3, -0.25) is 5.01 Å². The van der Waals surface area contributed by atoms with Crippen molar-refractivity contribution in [2.75, 3.05) is 24.5 Å². The molecule has 5 rings (SSSR count). The number of hydrogen-bond acceptors (Lipinski definition) is 7. The van der Waals surface area contributed by atoms with Crippen molar-refractivity contribution >= 4 is 44.6 Å². The number of aromatic nitrogens is 1. The molecule has 0 aliphatic carbocycles. The summed E-state index contributed by atoms with van der Waals surface area (Å²) in [6, 6.07) is 27.2. The molecular weight excluding hydrogens is 476 g/mol. The van der Waals surface area contributed by atoms with Gasteiger partial charge >= 0.3 is 0 Å². The Morgan fingerprint density at radius 2 is 1.26 bits per heavy atom. The number of rotatable bonds is 8. The summed E-state index contributed by atoms with van der Waals surface area (Å²) in [5, 5.41) is 6.82. The number of hydrazine groups is 1. The first-order valence-corrected chi connectivity index (χ1v) is 12.0. The Bertz CT molecular complexity index is 1640. The number of methoxy groups -OCH3 is 2. The second-order valence-electron chi connectivity index (χ2n) is 8.81. The summed E-state index contributed by atoms with van der Waals surface area (Å²) < 4.78 is 10.4. The fraction of sp³-hybridized carbons (Fsp3) is 0.0667. The van der Waals surface area contributed by atoms with Crippen molar-refractivity contribution in [3.8, 4) is 11.5 Å². The van der Waals surface area contributed by atoms with Crippen molar-refractivity contribution < 1.29 is 9.47 Å². The Kier molecular flexibility index (Phi) is 6.80. The fourth-order valence-corrected chi connectivity index (χ4v) is 4.24. The number of hydrogen-bond donors (Lipinski definition) is 5. The first-order valence-electron chi connectivity index (χ1n) is 12.0. The molecule has 38 heavy (non-hydrogen) atoms. The van der Waals surface area contributed by atoms with Gasteiger partial charge in [-0.25, -0.2) is 5.84 Å². The highest BCUT2D eigenvalue weighted by molar-refractivity contribution is 6.08. The van der Waals surface area contributed by atoms with Gasteiger partial charge in [0.05, 0.1) is 31.3 Å². The second kappa shape index (κ2) is 10.5. The molecule has 5 aromatic rings. The second-order valence-corrected chi connectivity index (χ2v) is 8.81. The number of fused-ring (bicyclic) bond motifs is 3. The molecule has 8 N–H and O–H groups in total. The molecule has 0 radical (unpaired) electrons. The molecule has 0 saturated carbocycles. The highest BCUT2D eigenvalue weighted by Gasteiger charge is 2.09. The third-order valence-electron chi connectivity index (χ3n) is 6.40. The van der Waals surface area contributed by atoms with Gasteiger partial charge in [-0.15, -0.1) is 0 Å². The number of nitrogens with zero attached hydrogens (tertiary/aromatic N) is 1. The highest BCUT2D eigenvalue weighted by atomic mass is 16.5. The van der Waals surface area contributed by atoms with Crippen LogP contribution in [0.15, 0.2) is 97.3 Å². The molecule has 1 aromatic heterocycles. The Balaban J connectivity index is 1.42. The van der Waals surface area contributed by atoms with Gasteiger partial charge in [0, 0.05) is 39.9 Å². The van der Waals surface area contributed by atoms with Crippen LogP contribution in [0.5, 0.6) is 11.5 Å². The molecule has 0 aliphatic heterocycles. The quantitative estimate of drug-likeness (QED) is 0.142. The highest BCUT2D eigenvalue weighted by Crippen LogP contribution is 2.30. The van der Waals surface area contributed by atoms with E-state index in [9.17, 15) is 0 Å². The monoisotopic (exact) mass is 506 g/mol. The van der Waals surface area contributed by atoms with E-state index >= 15 is 0 Å². The fourth-order valence-electron chi connectivity index (χ4n) is 4.24. The Hall–Kier alpha value is -5.08. The molecule has 0 atom stereocenters. The summed E-state index contributed by atoms with van der Waals surface area (Å²) in [5.41, 5.74) is 19.5. The summed E-state index contributed by atoms with van der Waals surface area (Å²) in [6.45, 7) is 0. The van der Waals surface area contributed by atoms with Gasteiger partial charge in [0.25, 0.3) is 0 Å². The topological polar surface area (TPSA) is 128 Å². The van der Waals surface area contributed by atoms with Crippen LogP contribution in [0.25, 0.3) is 33.2 Å². The maximum Gasteiger partial charge on any atom is 0.119 e. The lowest BCUT2D eigenvalue weighted by Crippen LogP contribution is -2.25. The number of nitrogens with two attached hydrogens (primary N) is 3. The van der Waals surface area contributed by atoms with Crippen molar-refractivity contribution in [2.45, 2.75) is 0 Å². The molecule has 0 unspecified atom stereocenters. The average molecular weight is 507 g/mol. The van der Waals surface area contributed by atoms with E-state index in [1.165, 1.54) is 5.01 Å². The van der Waals surface area contributed by atoms with E-state index < -0.39 is 0 Å². The molecule has 8 heteroatoms. The molecule has 0 amide bonds. The molecule has 0 aliphatic rings. The molecule has 0 spiro atoms. The predicted molar refractivity (Wildman–Crippen MR) is 156 cm³/mol. The maximum absolute atomic E-state index is 6.44. The summed E-state index contributed by atoms with van der Waals surface area (Å²) >= 11 is 0. The zero-order chi connectivity index (χ0) is 26.6. The van der Waals surface area contributed by atoms with E-state index in [2.05, 4.69) is 22.4 Å². The third kappa shape index (κ3) is 5.07. The molecule has 8 nitrogen and oxygen atoms in total. The van der Waals surface area contributed by atoms with E-state index in [4.69, 9.17) is 26.8 Å². The molecule has 0 saturated heterocycles. The van der Waals surface area contributed by atoms with Crippen LogP contribution in [0.4, 0.5) is 11.4 Å². The van der Waals surface area contributed by atoms with Gasteiger partial charge in [-0.2, -0.15) is 0 Å². The van der Waals surface area contributed by atoms with Crippen LogP contribution in [0, 0.1) is 0 Å². The molecule has 4 aromatic carbocycles. The first kappa shape index (κ1) is 24.6. The molecule has 0 bridgehead atoms. The summed E-state index contributed by atoms with van der Waals surface area (Å²) in [7, 11) is 3.27. The van der Waals surface area contributed by atoms with E-state index in [0.29, 0.717) is 11.4 Å². The molecule has 0 fully saturated rings. The van der Waals surface area contributed by atoms with Crippen LogP contribution >= 0.6 is 0 Å². The largest absolute Gasteiger partial charge is 0.497 e. The van der Waals surface area contributed by atoms with E-state index in [1.54, 1.807) is 26.6 Å². The van der Waals surface area contributed by atoms with Crippen LogP contribution < -0.4 is 37.1 Å². The molecule has 1 heterocycles. The van der Waals surface area contributed by atoms with Crippen LogP contribution in [-0.2, 0) is 0 Å². The minimum Gasteiger partial charge on any atom is -0.497 e. The van der Waals surface area contributed by atoms with E-state index in [1.807, 2.05) is 72.8 Å². The lowest BCUT2D eigenvalue weighted by molar-refractivity contribution is 0.414. The lowest BCUT2D eigenvalue weighted by atomic mass is 10.0. The molecule has 192 valence electrons. The zero-order valence-corrected chi connectivity index (χ0v) is 21.2. The van der Waals surface area contributed by atoms with Crippen molar-refractivity contribution in [3.63, 3.8) is 0 Å². The SMILES string of the molecule is COc1ccc(N/C=C(\N)c2ccc3[nH]c4ccc(/C(N)=C/N(N)c5ccc(OC)cc5)cc4c3c2)cc1. The van der Waals surface area contributed by atoms with Crippen molar-refractivity contribution in [2.24, 2.45) is 17.3 Å². The number of nitrogens with one attached hydrogen (secondary N) is 2. The van der Waals surface area contributed by atoms with Gasteiger partial charge in [0.15, 0.2) is 0 Å². The third-order valence-corrected chi connectivity index (χ3v) is 6.40. The van der Waals surface area contributed by atoms with Gasteiger partial charge in [0.2, 0.25) is 0 Å². The standard InChI is InChI=1S/C30H30N6O2/c1-37-23-9-5-21(6-10-23)34-17-27(31)19-3-13-29-25(15-19)26-16-20(4-14-30(26)35-29)28(32)18-36(33)22-7-11-24(38-2)12-8-22/h3-18,34-35H,31-33H2,1-2H3/b27-17-,28-18-. The minimum absolute atomic E-state index is 0.541. The zero-order valence-electron chi connectivity index (χ0n) is 21.2.